The van der Waals surface area contributed by atoms with Crippen molar-refractivity contribution in [1.29, 1.82) is 0 Å². The van der Waals surface area contributed by atoms with E-state index in [2.05, 4.69) is 25.9 Å². The Bertz CT molecular complexity index is 172. The number of hydrogen-bond donors (Lipinski definition) is 2. The van der Waals surface area contributed by atoms with Gasteiger partial charge in [-0.05, 0) is 39.3 Å². The Kier molecular flexibility index (Phi) is 3.33. The summed E-state index contributed by atoms with van der Waals surface area (Å²) in [5, 5.41) is 9.19. The fourth-order valence-corrected chi connectivity index (χ4v) is 2.26. The zero-order valence-electron chi connectivity index (χ0n) is 8.95. The molecule has 0 aromatic carbocycles. The van der Waals surface area contributed by atoms with Crippen LogP contribution in [0.5, 0.6) is 0 Å². The van der Waals surface area contributed by atoms with E-state index in [-0.39, 0.29) is 12.1 Å². The molecule has 0 heterocycles. The molecule has 0 saturated heterocycles. The maximum atomic E-state index is 9.19. The second-order valence-corrected chi connectivity index (χ2v) is 4.77. The van der Waals surface area contributed by atoms with Crippen LogP contribution in [0.15, 0.2) is 0 Å². The van der Waals surface area contributed by atoms with Gasteiger partial charge in [0.2, 0.25) is 0 Å². The van der Waals surface area contributed by atoms with Crippen LogP contribution in [0.3, 0.4) is 0 Å². The molecule has 0 amide bonds. The normalized spacial score (nSPS) is 41.1. The molecule has 3 N–H and O–H groups in total. The van der Waals surface area contributed by atoms with Crippen LogP contribution in [-0.4, -0.2) is 42.3 Å². The molecule has 1 fully saturated rings. The Hall–Kier alpha value is -0.120. The SMILES string of the molecule is CC1CCC(N)(CO)CC1N(C)C. The minimum atomic E-state index is -0.332. The maximum absolute atomic E-state index is 9.19. The Morgan fingerprint density at radius 1 is 1.54 bits per heavy atom. The van der Waals surface area contributed by atoms with Crippen molar-refractivity contribution in [2.75, 3.05) is 20.7 Å². The van der Waals surface area contributed by atoms with Crippen LogP contribution in [0.4, 0.5) is 0 Å². The van der Waals surface area contributed by atoms with Crippen LogP contribution in [0.25, 0.3) is 0 Å². The zero-order valence-corrected chi connectivity index (χ0v) is 8.95. The van der Waals surface area contributed by atoms with E-state index >= 15 is 0 Å². The summed E-state index contributed by atoms with van der Waals surface area (Å²) in [6.07, 6.45) is 2.99. The largest absolute Gasteiger partial charge is 0.394 e. The Balaban J connectivity index is 2.63. The second kappa shape index (κ2) is 3.95. The molecule has 3 nitrogen and oxygen atoms in total. The fourth-order valence-electron chi connectivity index (χ4n) is 2.26. The van der Waals surface area contributed by atoms with Gasteiger partial charge in [-0.1, -0.05) is 6.92 Å². The van der Waals surface area contributed by atoms with Gasteiger partial charge in [0, 0.05) is 11.6 Å². The molecule has 0 aliphatic heterocycles. The van der Waals surface area contributed by atoms with E-state index in [9.17, 15) is 5.11 Å². The summed E-state index contributed by atoms with van der Waals surface area (Å²) < 4.78 is 0. The molecule has 0 radical (unpaired) electrons. The summed E-state index contributed by atoms with van der Waals surface area (Å²) in [7, 11) is 4.18. The lowest BCUT2D eigenvalue weighted by Gasteiger charge is -2.43. The smallest absolute Gasteiger partial charge is 0.0611 e. The van der Waals surface area contributed by atoms with Gasteiger partial charge >= 0.3 is 0 Å². The van der Waals surface area contributed by atoms with E-state index < -0.39 is 0 Å². The van der Waals surface area contributed by atoms with Gasteiger partial charge in [-0.25, -0.2) is 0 Å². The summed E-state index contributed by atoms with van der Waals surface area (Å²) in [6.45, 7) is 2.38. The minimum absolute atomic E-state index is 0.115. The number of aliphatic hydroxyl groups is 1. The highest BCUT2D eigenvalue weighted by molar-refractivity contribution is 4.95. The van der Waals surface area contributed by atoms with Gasteiger partial charge < -0.3 is 15.7 Å². The fraction of sp³-hybridized carbons (Fsp3) is 1.00. The quantitative estimate of drug-likeness (QED) is 0.657. The van der Waals surface area contributed by atoms with Crippen LogP contribution < -0.4 is 5.73 Å². The molecule has 1 aliphatic carbocycles. The highest BCUT2D eigenvalue weighted by Crippen LogP contribution is 2.32. The van der Waals surface area contributed by atoms with E-state index in [4.69, 9.17) is 5.73 Å². The lowest BCUT2D eigenvalue weighted by molar-refractivity contribution is 0.0737. The van der Waals surface area contributed by atoms with Crippen LogP contribution in [0, 0.1) is 5.92 Å². The van der Waals surface area contributed by atoms with Crippen molar-refractivity contribution in [1.82, 2.24) is 4.90 Å². The first-order chi connectivity index (χ1) is 5.98. The molecular weight excluding hydrogens is 164 g/mol. The summed E-state index contributed by atoms with van der Waals surface area (Å²) in [5.74, 6) is 0.693. The Labute approximate surface area is 80.9 Å². The standard InChI is InChI=1S/C10H22N2O/c1-8-4-5-10(11,7-13)6-9(8)12(2)3/h8-9,13H,4-7,11H2,1-3H3. The van der Waals surface area contributed by atoms with E-state index in [0.717, 1.165) is 19.3 Å². The lowest BCUT2D eigenvalue weighted by atomic mass is 9.74. The van der Waals surface area contributed by atoms with Gasteiger partial charge in [0.1, 0.15) is 0 Å². The molecule has 0 aromatic heterocycles. The molecule has 3 atom stereocenters. The van der Waals surface area contributed by atoms with Crippen LogP contribution in [-0.2, 0) is 0 Å². The van der Waals surface area contributed by atoms with Crippen molar-refractivity contribution in [2.45, 2.75) is 37.8 Å². The van der Waals surface area contributed by atoms with Crippen molar-refractivity contribution < 1.29 is 5.11 Å². The number of nitrogens with zero attached hydrogens (tertiary/aromatic N) is 1. The Morgan fingerprint density at radius 3 is 2.62 bits per heavy atom. The lowest BCUT2D eigenvalue weighted by Crippen LogP contribution is -2.54. The summed E-state index contributed by atoms with van der Waals surface area (Å²) in [4.78, 5) is 2.22. The molecule has 1 rings (SSSR count). The summed E-state index contributed by atoms with van der Waals surface area (Å²) in [5.41, 5.74) is 5.74. The molecule has 0 bridgehead atoms. The number of aliphatic hydroxyl groups excluding tert-OH is 1. The first kappa shape index (κ1) is 11.0. The van der Waals surface area contributed by atoms with Gasteiger partial charge in [-0.3, -0.25) is 0 Å². The number of rotatable bonds is 2. The molecule has 3 unspecified atom stereocenters. The van der Waals surface area contributed by atoms with Crippen LogP contribution >= 0.6 is 0 Å². The minimum Gasteiger partial charge on any atom is -0.394 e. The molecule has 0 spiro atoms. The van der Waals surface area contributed by atoms with E-state index in [1.54, 1.807) is 0 Å². The highest BCUT2D eigenvalue weighted by Gasteiger charge is 2.36. The average molecular weight is 186 g/mol. The highest BCUT2D eigenvalue weighted by atomic mass is 16.3. The third-order valence-corrected chi connectivity index (χ3v) is 3.35. The topological polar surface area (TPSA) is 49.5 Å². The Morgan fingerprint density at radius 2 is 2.15 bits per heavy atom. The van der Waals surface area contributed by atoms with E-state index in [1.807, 2.05) is 0 Å². The predicted molar refractivity (Wildman–Crippen MR) is 54.5 cm³/mol. The average Bonchev–Trinajstić information content (AvgIpc) is 2.09. The molecule has 0 aromatic rings. The third kappa shape index (κ3) is 2.42. The van der Waals surface area contributed by atoms with Gasteiger partial charge in [0.15, 0.2) is 0 Å². The van der Waals surface area contributed by atoms with Gasteiger partial charge in [0.25, 0.3) is 0 Å². The van der Waals surface area contributed by atoms with E-state index in [1.165, 1.54) is 0 Å². The summed E-state index contributed by atoms with van der Waals surface area (Å²) in [6, 6.07) is 0.519. The van der Waals surface area contributed by atoms with Gasteiger partial charge in [-0.2, -0.15) is 0 Å². The zero-order chi connectivity index (χ0) is 10.1. The predicted octanol–water partition coefficient (Wildman–Crippen LogP) is 0.426. The summed E-state index contributed by atoms with van der Waals surface area (Å²) >= 11 is 0. The van der Waals surface area contributed by atoms with Crippen molar-refractivity contribution in [3.8, 4) is 0 Å². The van der Waals surface area contributed by atoms with Gasteiger partial charge in [-0.15, -0.1) is 0 Å². The molecular formula is C10H22N2O. The van der Waals surface area contributed by atoms with Crippen molar-refractivity contribution in [3.63, 3.8) is 0 Å². The molecule has 13 heavy (non-hydrogen) atoms. The van der Waals surface area contributed by atoms with Crippen molar-refractivity contribution in [3.05, 3.63) is 0 Å². The molecule has 1 aliphatic rings. The molecule has 78 valence electrons. The first-order valence-corrected chi connectivity index (χ1v) is 5.05. The second-order valence-electron chi connectivity index (χ2n) is 4.77. The van der Waals surface area contributed by atoms with Crippen molar-refractivity contribution in [2.24, 2.45) is 11.7 Å². The first-order valence-electron chi connectivity index (χ1n) is 5.05. The van der Waals surface area contributed by atoms with Crippen LogP contribution in [0.2, 0.25) is 0 Å². The number of hydrogen-bond acceptors (Lipinski definition) is 3. The van der Waals surface area contributed by atoms with Gasteiger partial charge in [0.05, 0.1) is 6.61 Å². The third-order valence-electron chi connectivity index (χ3n) is 3.35. The maximum Gasteiger partial charge on any atom is 0.0611 e. The number of nitrogens with two attached hydrogens (primary N) is 1. The van der Waals surface area contributed by atoms with Crippen LogP contribution in [0.1, 0.15) is 26.2 Å². The monoisotopic (exact) mass is 186 g/mol. The van der Waals surface area contributed by atoms with Crippen molar-refractivity contribution >= 4 is 0 Å². The molecule has 3 heteroatoms. The van der Waals surface area contributed by atoms with E-state index in [0.29, 0.717) is 12.0 Å². The molecule has 1 saturated carbocycles.